The highest BCUT2D eigenvalue weighted by Crippen LogP contribution is 2.18. The fourth-order valence-corrected chi connectivity index (χ4v) is 1.69. The first kappa shape index (κ1) is 10.5. The molecule has 13 heavy (non-hydrogen) atoms. The monoisotopic (exact) mass is 184 g/mol. The van der Waals surface area contributed by atoms with E-state index in [4.69, 9.17) is 5.73 Å². The maximum Gasteiger partial charge on any atom is 0.222 e. The SMILES string of the molecule is CCC(C)CN1CC(CN)CC1=O. The Morgan fingerprint density at radius 1 is 1.69 bits per heavy atom. The van der Waals surface area contributed by atoms with Crippen LogP contribution in [0.4, 0.5) is 0 Å². The maximum absolute atomic E-state index is 11.5. The van der Waals surface area contributed by atoms with Crippen LogP contribution >= 0.6 is 0 Å². The first-order chi connectivity index (χ1) is 6.17. The fraction of sp³-hybridized carbons (Fsp3) is 0.900. The van der Waals surface area contributed by atoms with Gasteiger partial charge in [-0.2, -0.15) is 0 Å². The first-order valence-corrected chi connectivity index (χ1v) is 5.15. The van der Waals surface area contributed by atoms with Crippen molar-refractivity contribution in [2.24, 2.45) is 17.6 Å². The molecule has 3 nitrogen and oxygen atoms in total. The van der Waals surface area contributed by atoms with Gasteiger partial charge in [0.1, 0.15) is 0 Å². The Bertz CT molecular complexity index is 182. The van der Waals surface area contributed by atoms with Crippen molar-refractivity contribution in [3.8, 4) is 0 Å². The molecule has 0 aromatic carbocycles. The summed E-state index contributed by atoms with van der Waals surface area (Å²) in [6.07, 6.45) is 1.80. The number of hydrogen-bond acceptors (Lipinski definition) is 2. The van der Waals surface area contributed by atoms with Crippen LogP contribution < -0.4 is 5.73 Å². The molecule has 0 aliphatic carbocycles. The molecule has 1 aliphatic rings. The van der Waals surface area contributed by atoms with Crippen molar-refractivity contribution < 1.29 is 4.79 Å². The summed E-state index contributed by atoms with van der Waals surface area (Å²) < 4.78 is 0. The molecule has 2 N–H and O–H groups in total. The van der Waals surface area contributed by atoms with Gasteiger partial charge in [0.2, 0.25) is 5.91 Å². The number of amides is 1. The quantitative estimate of drug-likeness (QED) is 0.703. The van der Waals surface area contributed by atoms with E-state index in [2.05, 4.69) is 13.8 Å². The van der Waals surface area contributed by atoms with Gasteiger partial charge in [-0.15, -0.1) is 0 Å². The zero-order valence-electron chi connectivity index (χ0n) is 8.62. The Hall–Kier alpha value is -0.570. The third-order valence-electron chi connectivity index (χ3n) is 2.86. The van der Waals surface area contributed by atoms with E-state index < -0.39 is 0 Å². The standard InChI is InChI=1S/C10H20N2O/c1-3-8(2)6-12-7-9(5-11)4-10(12)13/h8-9H,3-7,11H2,1-2H3. The van der Waals surface area contributed by atoms with Crippen LogP contribution in [0, 0.1) is 11.8 Å². The van der Waals surface area contributed by atoms with Crippen molar-refractivity contribution in [1.82, 2.24) is 4.90 Å². The molecule has 0 aromatic rings. The third-order valence-corrected chi connectivity index (χ3v) is 2.86. The molecule has 0 aromatic heterocycles. The molecule has 0 radical (unpaired) electrons. The van der Waals surface area contributed by atoms with Crippen LogP contribution in [-0.4, -0.2) is 30.4 Å². The van der Waals surface area contributed by atoms with Crippen molar-refractivity contribution >= 4 is 5.91 Å². The van der Waals surface area contributed by atoms with E-state index in [9.17, 15) is 4.79 Å². The Kier molecular flexibility index (Phi) is 3.72. The average molecular weight is 184 g/mol. The summed E-state index contributed by atoms with van der Waals surface area (Å²) in [5.41, 5.74) is 5.54. The molecule has 2 unspecified atom stereocenters. The van der Waals surface area contributed by atoms with Gasteiger partial charge in [0.05, 0.1) is 0 Å². The minimum atomic E-state index is 0.288. The van der Waals surface area contributed by atoms with Crippen LogP contribution in [0.25, 0.3) is 0 Å². The molecular formula is C10H20N2O. The fourth-order valence-electron chi connectivity index (χ4n) is 1.69. The summed E-state index contributed by atoms with van der Waals surface area (Å²) >= 11 is 0. The van der Waals surface area contributed by atoms with Crippen LogP contribution in [0.1, 0.15) is 26.7 Å². The molecule has 1 aliphatic heterocycles. The van der Waals surface area contributed by atoms with Gasteiger partial charge in [0, 0.05) is 19.5 Å². The van der Waals surface area contributed by atoms with E-state index in [1.807, 2.05) is 4.90 Å². The summed E-state index contributed by atoms with van der Waals surface area (Å²) in [5.74, 6) is 1.30. The van der Waals surface area contributed by atoms with Crippen molar-refractivity contribution in [1.29, 1.82) is 0 Å². The molecule has 0 saturated carbocycles. The van der Waals surface area contributed by atoms with E-state index >= 15 is 0 Å². The number of rotatable bonds is 4. The van der Waals surface area contributed by atoms with Crippen molar-refractivity contribution in [2.75, 3.05) is 19.6 Å². The number of likely N-dealkylation sites (tertiary alicyclic amines) is 1. The van der Waals surface area contributed by atoms with E-state index in [-0.39, 0.29) is 5.91 Å². The first-order valence-electron chi connectivity index (χ1n) is 5.15. The van der Waals surface area contributed by atoms with Gasteiger partial charge in [-0.1, -0.05) is 20.3 Å². The molecule has 1 saturated heterocycles. The van der Waals surface area contributed by atoms with Gasteiger partial charge >= 0.3 is 0 Å². The molecule has 3 heteroatoms. The van der Waals surface area contributed by atoms with Gasteiger partial charge in [0.15, 0.2) is 0 Å². The molecule has 76 valence electrons. The summed E-state index contributed by atoms with van der Waals surface area (Å²) in [5, 5.41) is 0. The van der Waals surface area contributed by atoms with Gasteiger partial charge < -0.3 is 10.6 Å². The van der Waals surface area contributed by atoms with Crippen molar-refractivity contribution in [2.45, 2.75) is 26.7 Å². The van der Waals surface area contributed by atoms with Crippen LogP contribution in [0.15, 0.2) is 0 Å². The minimum Gasteiger partial charge on any atom is -0.342 e. The smallest absolute Gasteiger partial charge is 0.222 e. The molecular weight excluding hydrogens is 164 g/mol. The molecule has 0 bridgehead atoms. The van der Waals surface area contributed by atoms with E-state index in [1.54, 1.807) is 0 Å². The zero-order chi connectivity index (χ0) is 9.84. The second-order valence-corrected chi connectivity index (χ2v) is 4.12. The average Bonchev–Trinajstić information content (AvgIpc) is 2.47. The van der Waals surface area contributed by atoms with Crippen molar-refractivity contribution in [3.63, 3.8) is 0 Å². The zero-order valence-corrected chi connectivity index (χ0v) is 8.62. The summed E-state index contributed by atoms with van der Waals surface area (Å²) in [6, 6.07) is 0. The van der Waals surface area contributed by atoms with Gasteiger partial charge in [-0.05, 0) is 18.4 Å². The Labute approximate surface area is 80.3 Å². The van der Waals surface area contributed by atoms with Crippen molar-refractivity contribution in [3.05, 3.63) is 0 Å². The molecule has 1 heterocycles. The number of nitrogens with zero attached hydrogens (tertiary/aromatic N) is 1. The largest absolute Gasteiger partial charge is 0.342 e. The summed E-state index contributed by atoms with van der Waals surface area (Å²) in [7, 11) is 0. The topological polar surface area (TPSA) is 46.3 Å². The Morgan fingerprint density at radius 3 is 2.85 bits per heavy atom. The highest BCUT2D eigenvalue weighted by atomic mass is 16.2. The molecule has 1 fully saturated rings. The second-order valence-electron chi connectivity index (χ2n) is 4.12. The molecule has 0 spiro atoms. The number of carbonyl (C=O) groups is 1. The number of nitrogens with two attached hydrogens (primary N) is 1. The predicted molar refractivity (Wildman–Crippen MR) is 53.2 cm³/mol. The third kappa shape index (κ3) is 2.69. The van der Waals surface area contributed by atoms with Gasteiger partial charge in [-0.25, -0.2) is 0 Å². The lowest BCUT2D eigenvalue weighted by Crippen LogP contribution is -2.30. The summed E-state index contributed by atoms with van der Waals surface area (Å²) in [6.45, 7) is 6.77. The predicted octanol–water partition coefficient (Wildman–Crippen LogP) is 0.840. The molecule has 2 atom stereocenters. The Balaban J connectivity index is 2.39. The summed E-state index contributed by atoms with van der Waals surface area (Å²) in [4.78, 5) is 13.4. The lowest BCUT2D eigenvalue weighted by atomic mass is 10.1. The lowest BCUT2D eigenvalue weighted by molar-refractivity contribution is -0.128. The van der Waals surface area contributed by atoms with Crippen LogP contribution in [0.3, 0.4) is 0 Å². The van der Waals surface area contributed by atoms with Gasteiger partial charge in [0.25, 0.3) is 0 Å². The van der Waals surface area contributed by atoms with Crippen LogP contribution in [-0.2, 0) is 4.79 Å². The van der Waals surface area contributed by atoms with E-state index in [0.717, 1.165) is 19.5 Å². The Morgan fingerprint density at radius 2 is 2.38 bits per heavy atom. The minimum absolute atomic E-state index is 0.288. The molecule has 1 rings (SSSR count). The second kappa shape index (κ2) is 4.61. The number of carbonyl (C=O) groups excluding carboxylic acids is 1. The lowest BCUT2D eigenvalue weighted by Gasteiger charge is -2.20. The highest BCUT2D eigenvalue weighted by Gasteiger charge is 2.28. The normalized spacial score (nSPS) is 25.3. The van der Waals surface area contributed by atoms with Gasteiger partial charge in [-0.3, -0.25) is 4.79 Å². The van der Waals surface area contributed by atoms with Crippen LogP contribution in [0.2, 0.25) is 0 Å². The van der Waals surface area contributed by atoms with E-state index in [1.165, 1.54) is 0 Å². The van der Waals surface area contributed by atoms with Crippen LogP contribution in [0.5, 0.6) is 0 Å². The van der Waals surface area contributed by atoms with E-state index in [0.29, 0.717) is 24.8 Å². The maximum atomic E-state index is 11.5. The number of hydrogen-bond donors (Lipinski definition) is 1. The highest BCUT2D eigenvalue weighted by molar-refractivity contribution is 5.78. The molecule has 1 amide bonds.